The zero-order chi connectivity index (χ0) is 21.7. The lowest BCUT2D eigenvalue weighted by Crippen LogP contribution is -2.36. The van der Waals surface area contributed by atoms with Crippen LogP contribution in [0.1, 0.15) is 23.6 Å². The fourth-order valence-corrected chi connectivity index (χ4v) is 3.47. The number of benzene rings is 2. The Labute approximate surface area is 209 Å². The second-order valence-electron chi connectivity index (χ2n) is 7.46. The van der Waals surface area contributed by atoms with Crippen LogP contribution in [0, 0.1) is 0 Å². The van der Waals surface area contributed by atoms with Gasteiger partial charge in [-0.15, -0.1) is 24.0 Å². The number of para-hydroxylation sites is 1. The number of rotatable bonds is 10. The van der Waals surface area contributed by atoms with Crippen LogP contribution >= 0.6 is 24.0 Å². The molecule has 0 atom stereocenters. The van der Waals surface area contributed by atoms with Gasteiger partial charge in [-0.2, -0.15) is 0 Å². The van der Waals surface area contributed by atoms with Crippen molar-refractivity contribution in [3.8, 4) is 5.75 Å². The number of guanidine groups is 1. The topological polar surface area (TPSA) is 58.1 Å². The third kappa shape index (κ3) is 8.80. The van der Waals surface area contributed by atoms with Crippen molar-refractivity contribution < 1.29 is 9.47 Å². The number of aliphatic imine (C=N–C) groups is 1. The average molecular weight is 550 g/mol. The highest BCUT2D eigenvalue weighted by Crippen LogP contribution is 2.17. The van der Waals surface area contributed by atoms with Gasteiger partial charge in [0, 0.05) is 38.3 Å². The molecule has 6 nitrogen and oxygen atoms in total. The largest absolute Gasteiger partial charge is 0.489 e. The summed E-state index contributed by atoms with van der Waals surface area (Å²) in [5.74, 6) is 1.65. The minimum absolute atomic E-state index is 0. The summed E-state index contributed by atoms with van der Waals surface area (Å²) in [4.78, 5) is 7.22. The van der Waals surface area contributed by atoms with E-state index < -0.39 is 0 Å². The Bertz CT molecular complexity index is 853. The molecule has 1 aliphatic rings. The number of morpholine rings is 1. The van der Waals surface area contributed by atoms with E-state index in [1.54, 1.807) is 6.08 Å². The fourth-order valence-electron chi connectivity index (χ4n) is 3.47. The first-order valence-corrected chi connectivity index (χ1v) is 11.0. The first kappa shape index (κ1) is 26.2. The lowest BCUT2D eigenvalue weighted by molar-refractivity contribution is 0.0342. The van der Waals surface area contributed by atoms with Crippen molar-refractivity contribution in [2.24, 2.45) is 4.99 Å². The van der Waals surface area contributed by atoms with Gasteiger partial charge in [-0.1, -0.05) is 55.1 Å². The quantitative estimate of drug-likeness (QED) is 0.203. The predicted molar refractivity (Wildman–Crippen MR) is 142 cm³/mol. The van der Waals surface area contributed by atoms with Crippen LogP contribution in [0.4, 0.5) is 0 Å². The van der Waals surface area contributed by atoms with Gasteiger partial charge in [0.25, 0.3) is 0 Å². The van der Waals surface area contributed by atoms with Gasteiger partial charge in [-0.3, -0.25) is 4.90 Å². The molecule has 3 rings (SSSR count). The summed E-state index contributed by atoms with van der Waals surface area (Å²) in [6, 6.07) is 16.7. The second kappa shape index (κ2) is 14.9. The molecule has 2 aromatic carbocycles. The highest BCUT2D eigenvalue weighted by atomic mass is 127. The zero-order valence-electron chi connectivity index (χ0n) is 18.9. The molecule has 0 radical (unpaired) electrons. The van der Waals surface area contributed by atoms with Gasteiger partial charge in [-0.05, 0) is 24.1 Å². The van der Waals surface area contributed by atoms with E-state index in [1.165, 1.54) is 11.1 Å². The Kier molecular flexibility index (Phi) is 12.2. The van der Waals surface area contributed by atoms with E-state index in [0.29, 0.717) is 19.7 Å². The number of halogens is 1. The smallest absolute Gasteiger partial charge is 0.191 e. The van der Waals surface area contributed by atoms with Gasteiger partial charge in [0.05, 0.1) is 19.8 Å². The molecule has 1 heterocycles. The summed E-state index contributed by atoms with van der Waals surface area (Å²) in [6.07, 6.45) is 1.75. The number of nitrogens with zero attached hydrogens (tertiary/aromatic N) is 2. The summed E-state index contributed by atoms with van der Waals surface area (Å²) >= 11 is 0. The molecule has 0 spiro atoms. The molecule has 1 fully saturated rings. The number of hydrogen-bond acceptors (Lipinski definition) is 4. The van der Waals surface area contributed by atoms with E-state index in [2.05, 4.69) is 59.4 Å². The van der Waals surface area contributed by atoms with Crippen molar-refractivity contribution in [3.05, 3.63) is 77.9 Å². The SMILES string of the molecule is C=CCOc1ccccc1CNC(=NCc1cccc(CN2CCOCC2)c1)NCC.I. The lowest BCUT2D eigenvalue weighted by Gasteiger charge is -2.26. The Morgan fingerprint density at radius 3 is 2.69 bits per heavy atom. The Balaban J connectivity index is 0.00000363. The molecule has 0 bridgehead atoms. The molecule has 174 valence electrons. The van der Waals surface area contributed by atoms with Crippen molar-refractivity contribution in [2.75, 3.05) is 39.5 Å². The average Bonchev–Trinajstić information content (AvgIpc) is 2.81. The van der Waals surface area contributed by atoms with E-state index in [0.717, 1.165) is 56.7 Å². The van der Waals surface area contributed by atoms with Crippen LogP contribution in [0.15, 0.2) is 66.2 Å². The van der Waals surface area contributed by atoms with Crippen molar-refractivity contribution in [3.63, 3.8) is 0 Å². The molecule has 1 aliphatic heterocycles. The first-order valence-electron chi connectivity index (χ1n) is 11.0. The van der Waals surface area contributed by atoms with Crippen LogP contribution in [-0.4, -0.2) is 50.3 Å². The maximum Gasteiger partial charge on any atom is 0.191 e. The highest BCUT2D eigenvalue weighted by molar-refractivity contribution is 14.0. The summed E-state index contributed by atoms with van der Waals surface area (Å²) in [6.45, 7) is 12.9. The van der Waals surface area contributed by atoms with Crippen molar-refractivity contribution >= 4 is 29.9 Å². The van der Waals surface area contributed by atoms with Gasteiger partial charge in [-0.25, -0.2) is 4.99 Å². The Hall–Kier alpha value is -2.10. The molecular weight excluding hydrogens is 515 g/mol. The van der Waals surface area contributed by atoms with Crippen molar-refractivity contribution in [2.45, 2.75) is 26.6 Å². The van der Waals surface area contributed by atoms with E-state index in [9.17, 15) is 0 Å². The third-order valence-corrected chi connectivity index (χ3v) is 5.04. The van der Waals surface area contributed by atoms with E-state index in [4.69, 9.17) is 14.5 Å². The van der Waals surface area contributed by atoms with Crippen LogP contribution in [0.2, 0.25) is 0 Å². The molecule has 7 heteroatoms. The maximum absolute atomic E-state index is 5.75. The molecule has 32 heavy (non-hydrogen) atoms. The molecule has 2 aromatic rings. The van der Waals surface area contributed by atoms with Gasteiger partial charge in [0.2, 0.25) is 0 Å². The standard InChI is InChI=1S/C25H34N4O2.HI/c1-3-14-31-24-11-6-5-10-23(24)19-28-25(26-4-2)27-18-21-8-7-9-22(17-21)20-29-12-15-30-16-13-29;/h3,5-11,17H,1,4,12-16,18-20H2,2H3,(H2,26,27,28);1H. The molecule has 0 unspecified atom stereocenters. The van der Waals surface area contributed by atoms with Gasteiger partial charge in [0.15, 0.2) is 5.96 Å². The van der Waals surface area contributed by atoms with Crippen LogP contribution < -0.4 is 15.4 Å². The van der Waals surface area contributed by atoms with Crippen molar-refractivity contribution in [1.82, 2.24) is 15.5 Å². The van der Waals surface area contributed by atoms with Crippen LogP contribution in [0.5, 0.6) is 5.75 Å². The van der Waals surface area contributed by atoms with E-state index in [1.807, 2.05) is 18.2 Å². The molecule has 0 aromatic heterocycles. The predicted octanol–water partition coefficient (Wildman–Crippen LogP) is 3.96. The maximum atomic E-state index is 5.75. The first-order chi connectivity index (χ1) is 15.3. The Morgan fingerprint density at radius 1 is 1.12 bits per heavy atom. The summed E-state index contributed by atoms with van der Waals surface area (Å²) < 4.78 is 11.2. The minimum atomic E-state index is 0. The molecule has 2 N–H and O–H groups in total. The van der Waals surface area contributed by atoms with Gasteiger partial charge >= 0.3 is 0 Å². The molecular formula is C25H35IN4O2. The zero-order valence-corrected chi connectivity index (χ0v) is 21.2. The van der Waals surface area contributed by atoms with E-state index >= 15 is 0 Å². The molecule has 1 saturated heterocycles. The van der Waals surface area contributed by atoms with Crippen LogP contribution in [-0.2, 0) is 24.4 Å². The third-order valence-electron chi connectivity index (χ3n) is 5.04. The lowest BCUT2D eigenvalue weighted by atomic mass is 10.1. The monoisotopic (exact) mass is 550 g/mol. The normalized spacial score (nSPS) is 14.3. The highest BCUT2D eigenvalue weighted by Gasteiger charge is 2.11. The number of hydrogen-bond donors (Lipinski definition) is 2. The Morgan fingerprint density at radius 2 is 1.91 bits per heavy atom. The fraction of sp³-hybridized carbons (Fsp3) is 0.400. The summed E-state index contributed by atoms with van der Waals surface area (Å²) in [7, 11) is 0. The van der Waals surface area contributed by atoms with E-state index in [-0.39, 0.29) is 24.0 Å². The number of ether oxygens (including phenoxy) is 2. The van der Waals surface area contributed by atoms with Gasteiger partial charge in [0.1, 0.15) is 12.4 Å². The summed E-state index contributed by atoms with van der Waals surface area (Å²) in [5.41, 5.74) is 3.61. The number of nitrogens with one attached hydrogen (secondary N) is 2. The minimum Gasteiger partial charge on any atom is -0.489 e. The van der Waals surface area contributed by atoms with Crippen molar-refractivity contribution in [1.29, 1.82) is 0 Å². The molecule has 0 amide bonds. The summed E-state index contributed by atoms with van der Waals surface area (Å²) in [5, 5.41) is 6.74. The molecule has 0 aliphatic carbocycles. The second-order valence-corrected chi connectivity index (χ2v) is 7.46. The van der Waals surface area contributed by atoms with Gasteiger partial charge < -0.3 is 20.1 Å². The van der Waals surface area contributed by atoms with Crippen LogP contribution in [0.3, 0.4) is 0 Å². The van der Waals surface area contributed by atoms with Crippen LogP contribution in [0.25, 0.3) is 0 Å². The molecule has 0 saturated carbocycles.